The van der Waals surface area contributed by atoms with E-state index in [-0.39, 0.29) is 15.7 Å². The van der Waals surface area contributed by atoms with Crippen molar-refractivity contribution in [1.82, 2.24) is 4.98 Å². The molecule has 0 saturated carbocycles. The fourth-order valence-corrected chi connectivity index (χ4v) is 2.27. The van der Waals surface area contributed by atoms with Gasteiger partial charge in [-0.05, 0) is 46.3 Å². The average Bonchev–Trinajstić information content (AvgIpc) is 2.37. The molecule has 0 unspecified atom stereocenters. The van der Waals surface area contributed by atoms with Crippen molar-refractivity contribution in [2.24, 2.45) is 0 Å². The Morgan fingerprint density at radius 1 is 1.14 bits per heavy atom. The highest BCUT2D eigenvalue weighted by molar-refractivity contribution is 9.10. The Labute approximate surface area is 134 Å². The van der Waals surface area contributed by atoms with Crippen molar-refractivity contribution >= 4 is 43.5 Å². The molecular formula is C13H7Br2F3N2O. The summed E-state index contributed by atoms with van der Waals surface area (Å²) in [5, 5.41) is 2.41. The van der Waals surface area contributed by atoms with Crippen LogP contribution in [0.1, 0.15) is 15.9 Å². The number of carbonyl (C=O) groups excluding carboxylic acids is 1. The highest BCUT2D eigenvalue weighted by Crippen LogP contribution is 2.33. The Kier molecular flexibility index (Phi) is 4.67. The molecule has 3 nitrogen and oxygen atoms in total. The predicted molar refractivity (Wildman–Crippen MR) is 79.0 cm³/mol. The van der Waals surface area contributed by atoms with Crippen LogP contribution in [0.2, 0.25) is 0 Å². The van der Waals surface area contributed by atoms with E-state index >= 15 is 0 Å². The Morgan fingerprint density at radius 3 is 2.43 bits per heavy atom. The summed E-state index contributed by atoms with van der Waals surface area (Å²) in [5.74, 6) is -0.541. The summed E-state index contributed by atoms with van der Waals surface area (Å²) >= 11 is 6.12. The number of alkyl halides is 3. The number of rotatable bonds is 2. The number of hydrogen-bond acceptors (Lipinski definition) is 2. The van der Waals surface area contributed by atoms with Crippen LogP contribution in [0.3, 0.4) is 0 Å². The lowest BCUT2D eigenvalue weighted by molar-refractivity contribution is -0.137. The standard InChI is InChI=1S/C13H7Br2F3N2O/c14-9-3-8(13(16,17)18)4-10(5-9)20-12(21)7-1-2-11(15)19-6-7/h1-6H,(H,20,21). The number of pyridine rings is 1. The van der Waals surface area contributed by atoms with Crippen molar-refractivity contribution in [3.05, 3.63) is 56.7 Å². The van der Waals surface area contributed by atoms with Gasteiger partial charge < -0.3 is 5.32 Å². The molecule has 110 valence electrons. The number of benzene rings is 1. The van der Waals surface area contributed by atoms with Crippen molar-refractivity contribution in [3.63, 3.8) is 0 Å². The smallest absolute Gasteiger partial charge is 0.322 e. The third-order valence-electron chi connectivity index (χ3n) is 2.47. The summed E-state index contributed by atoms with van der Waals surface area (Å²) in [6.07, 6.45) is -3.16. The normalized spacial score (nSPS) is 11.3. The maximum atomic E-state index is 12.7. The van der Waals surface area contributed by atoms with E-state index in [9.17, 15) is 18.0 Å². The number of nitrogens with zero attached hydrogens (tertiary/aromatic N) is 1. The van der Waals surface area contributed by atoms with Crippen LogP contribution >= 0.6 is 31.9 Å². The van der Waals surface area contributed by atoms with Crippen LogP contribution in [-0.2, 0) is 6.18 Å². The third kappa shape index (κ3) is 4.28. The molecule has 8 heteroatoms. The fourth-order valence-electron chi connectivity index (χ4n) is 1.54. The lowest BCUT2D eigenvalue weighted by Gasteiger charge is -2.11. The van der Waals surface area contributed by atoms with Gasteiger partial charge in [0.15, 0.2) is 0 Å². The molecule has 1 N–H and O–H groups in total. The van der Waals surface area contributed by atoms with Gasteiger partial charge in [0.25, 0.3) is 5.91 Å². The third-order valence-corrected chi connectivity index (χ3v) is 3.40. The zero-order chi connectivity index (χ0) is 15.6. The summed E-state index contributed by atoms with van der Waals surface area (Å²) in [4.78, 5) is 15.8. The number of halogens is 5. The number of nitrogens with one attached hydrogen (secondary N) is 1. The average molecular weight is 424 g/mol. The van der Waals surface area contributed by atoms with Crippen LogP contribution in [0, 0.1) is 0 Å². The summed E-state index contributed by atoms with van der Waals surface area (Å²) in [6.45, 7) is 0. The van der Waals surface area contributed by atoms with Crippen LogP contribution < -0.4 is 5.32 Å². The van der Waals surface area contributed by atoms with Crippen molar-refractivity contribution in [1.29, 1.82) is 0 Å². The van der Waals surface area contributed by atoms with E-state index in [4.69, 9.17) is 0 Å². The van der Waals surface area contributed by atoms with E-state index < -0.39 is 17.6 Å². The number of hydrogen-bond donors (Lipinski definition) is 1. The highest BCUT2D eigenvalue weighted by Gasteiger charge is 2.31. The van der Waals surface area contributed by atoms with E-state index in [2.05, 4.69) is 42.2 Å². The minimum Gasteiger partial charge on any atom is -0.322 e. The summed E-state index contributed by atoms with van der Waals surface area (Å²) < 4.78 is 38.9. The van der Waals surface area contributed by atoms with Crippen LogP contribution in [-0.4, -0.2) is 10.9 Å². The molecule has 21 heavy (non-hydrogen) atoms. The molecule has 0 radical (unpaired) electrons. The molecule has 1 aromatic carbocycles. The topological polar surface area (TPSA) is 42.0 Å². The summed E-state index contributed by atoms with van der Waals surface area (Å²) in [7, 11) is 0. The SMILES string of the molecule is O=C(Nc1cc(Br)cc(C(F)(F)F)c1)c1ccc(Br)nc1. The fraction of sp³-hybridized carbons (Fsp3) is 0.0769. The van der Waals surface area contributed by atoms with E-state index in [0.29, 0.717) is 4.60 Å². The van der Waals surface area contributed by atoms with Gasteiger partial charge in [0.1, 0.15) is 4.60 Å². The monoisotopic (exact) mass is 422 g/mol. The quantitative estimate of drug-likeness (QED) is 0.699. The predicted octanol–water partition coefficient (Wildman–Crippen LogP) is 4.88. The molecule has 0 aliphatic heterocycles. The van der Waals surface area contributed by atoms with Gasteiger partial charge in [-0.1, -0.05) is 15.9 Å². The molecule has 0 spiro atoms. The van der Waals surface area contributed by atoms with Gasteiger partial charge in [0.05, 0.1) is 11.1 Å². The molecule has 0 bridgehead atoms. The molecule has 0 aliphatic rings. The lowest BCUT2D eigenvalue weighted by atomic mass is 10.2. The Morgan fingerprint density at radius 2 is 1.86 bits per heavy atom. The first-order chi connectivity index (χ1) is 9.75. The first kappa shape index (κ1) is 16.0. The molecule has 1 heterocycles. The first-order valence-corrected chi connectivity index (χ1v) is 7.15. The van der Waals surface area contributed by atoms with Crippen molar-refractivity contribution in [3.8, 4) is 0 Å². The highest BCUT2D eigenvalue weighted by atomic mass is 79.9. The maximum absolute atomic E-state index is 12.7. The molecule has 2 rings (SSSR count). The van der Waals surface area contributed by atoms with E-state index in [1.54, 1.807) is 6.07 Å². The van der Waals surface area contributed by atoms with Gasteiger partial charge in [-0.2, -0.15) is 13.2 Å². The van der Waals surface area contributed by atoms with Gasteiger partial charge in [0, 0.05) is 16.4 Å². The van der Waals surface area contributed by atoms with Crippen LogP contribution in [0.5, 0.6) is 0 Å². The van der Waals surface area contributed by atoms with Gasteiger partial charge in [-0.15, -0.1) is 0 Å². The van der Waals surface area contributed by atoms with Gasteiger partial charge in [-0.3, -0.25) is 4.79 Å². The number of carbonyl (C=O) groups is 1. The second-order valence-electron chi connectivity index (χ2n) is 4.05. The summed E-state index contributed by atoms with van der Waals surface area (Å²) in [6, 6.07) is 6.28. The second kappa shape index (κ2) is 6.15. The summed E-state index contributed by atoms with van der Waals surface area (Å²) in [5.41, 5.74) is -0.558. The van der Waals surface area contributed by atoms with E-state index in [0.717, 1.165) is 12.1 Å². The van der Waals surface area contributed by atoms with E-state index in [1.807, 2.05) is 0 Å². The van der Waals surface area contributed by atoms with E-state index in [1.165, 1.54) is 18.3 Å². The Bertz CT molecular complexity index is 672. The Hall–Kier alpha value is -1.41. The van der Waals surface area contributed by atoms with Crippen LogP contribution in [0.15, 0.2) is 45.6 Å². The van der Waals surface area contributed by atoms with Crippen LogP contribution in [0.25, 0.3) is 0 Å². The van der Waals surface area contributed by atoms with Gasteiger partial charge in [0.2, 0.25) is 0 Å². The van der Waals surface area contributed by atoms with Gasteiger partial charge >= 0.3 is 6.18 Å². The lowest BCUT2D eigenvalue weighted by Crippen LogP contribution is -2.13. The molecule has 0 atom stereocenters. The molecule has 2 aromatic rings. The zero-order valence-corrected chi connectivity index (χ0v) is 13.4. The minimum atomic E-state index is -4.48. The number of amides is 1. The molecule has 1 amide bonds. The van der Waals surface area contributed by atoms with Crippen molar-refractivity contribution < 1.29 is 18.0 Å². The molecule has 0 aliphatic carbocycles. The molecular weight excluding hydrogens is 417 g/mol. The number of aromatic nitrogens is 1. The maximum Gasteiger partial charge on any atom is 0.416 e. The van der Waals surface area contributed by atoms with Crippen molar-refractivity contribution in [2.75, 3.05) is 5.32 Å². The second-order valence-corrected chi connectivity index (χ2v) is 5.78. The molecule has 0 saturated heterocycles. The van der Waals surface area contributed by atoms with Gasteiger partial charge in [-0.25, -0.2) is 4.98 Å². The Balaban J connectivity index is 2.25. The molecule has 0 fully saturated rings. The van der Waals surface area contributed by atoms with Crippen LogP contribution in [0.4, 0.5) is 18.9 Å². The molecule has 1 aromatic heterocycles. The first-order valence-electron chi connectivity index (χ1n) is 5.56. The minimum absolute atomic E-state index is 0.0459. The zero-order valence-electron chi connectivity index (χ0n) is 10.2. The number of anilines is 1. The largest absolute Gasteiger partial charge is 0.416 e. The van der Waals surface area contributed by atoms with Crippen molar-refractivity contribution in [2.45, 2.75) is 6.18 Å².